The predicted octanol–water partition coefficient (Wildman–Crippen LogP) is 5.06. The van der Waals surface area contributed by atoms with Gasteiger partial charge in [-0.25, -0.2) is 14.5 Å². The average molecular weight is 578 g/mol. The molecule has 1 aromatic carbocycles. The van der Waals surface area contributed by atoms with Crippen molar-refractivity contribution in [2.45, 2.75) is 58.8 Å². The monoisotopic (exact) mass is 577 g/mol. The molecule has 10 nitrogen and oxygen atoms in total. The number of nitrogens with one attached hydrogen (secondary N) is 1. The number of amides is 1. The average Bonchev–Trinajstić information content (AvgIpc) is 3.47. The van der Waals surface area contributed by atoms with Gasteiger partial charge >= 0.3 is 5.97 Å². The van der Waals surface area contributed by atoms with Crippen LogP contribution in [-0.2, 0) is 4.74 Å². The molecule has 2 aromatic heterocycles. The number of esters is 1. The van der Waals surface area contributed by atoms with Crippen molar-refractivity contribution < 1.29 is 18.7 Å². The van der Waals surface area contributed by atoms with Crippen LogP contribution in [0.3, 0.4) is 0 Å². The lowest BCUT2D eigenvalue weighted by atomic mass is 9.76. The topological polar surface area (TPSA) is 105 Å². The lowest BCUT2D eigenvalue weighted by molar-refractivity contribution is 0.0223. The van der Waals surface area contributed by atoms with Gasteiger partial charge in [-0.3, -0.25) is 4.79 Å². The van der Waals surface area contributed by atoms with Crippen LogP contribution in [0.5, 0.6) is 0 Å². The van der Waals surface area contributed by atoms with Gasteiger partial charge in [-0.2, -0.15) is 4.39 Å². The van der Waals surface area contributed by atoms with Gasteiger partial charge in [0, 0.05) is 37.8 Å². The minimum Gasteiger partial charge on any atom is -0.460 e. The molecule has 1 amide bonds. The third-order valence-corrected chi connectivity index (χ3v) is 8.42. The standard InChI is InChI=1S/C31H40FN7O3/c1-21(2)23-17-28(32)33-18-24(23)29(40)34-25-16-22(8-9-27(25)38-14-12-37(4)13-15-38)39-19-26(35-36-39)30(41)42-20-31(3)10-6-5-7-11-31/h8-9,16-19,21H,5-7,10-15,20H2,1-4H3,(H,34,40). The van der Waals surface area contributed by atoms with E-state index in [4.69, 9.17) is 4.74 Å². The Morgan fingerprint density at radius 2 is 1.83 bits per heavy atom. The Labute approximate surface area is 246 Å². The summed E-state index contributed by atoms with van der Waals surface area (Å²) in [6.07, 6.45) is 8.47. The molecule has 1 aliphatic heterocycles. The van der Waals surface area contributed by atoms with E-state index in [0.29, 0.717) is 29.1 Å². The summed E-state index contributed by atoms with van der Waals surface area (Å²) in [4.78, 5) is 34.5. The number of piperazine rings is 1. The van der Waals surface area contributed by atoms with Crippen molar-refractivity contribution in [3.8, 4) is 5.69 Å². The van der Waals surface area contributed by atoms with Crippen molar-refractivity contribution in [3.63, 3.8) is 0 Å². The van der Waals surface area contributed by atoms with Crippen LogP contribution in [0, 0.1) is 11.4 Å². The molecule has 0 atom stereocenters. The lowest BCUT2D eigenvalue weighted by Crippen LogP contribution is -2.44. The molecule has 224 valence electrons. The summed E-state index contributed by atoms with van der Waals surface area (Å²) >= 11 is 0. The smallest absolute Gasteiger partial charge is 0.360 e. The molecule has 2 aliphatic rings. The fourth-order valence-electron chi connectivity index (χ4n) is 5.74. The molecule has 5 rings (SSSR count). The minimum absolute atomic E-state index is 0.00554. The molecular weight excluding hydrogens is 537 g/mol. The van der Waals surface area contributed by atoms with Crippen molar-refractivity contribution >= 4 is 23.3 Å². The summed E-state index contributed by atoms with van der Waals surface area (Å²) < 4.78 is 21.0. The molecule has 11 heteroatoms. The second-order valence-electron chi connectivity index (χ2n) is 12.2. The number of aromatic nitrogens is 4. The van der Waals surface area contributed by atoms with Crippen LogP contribution in [0.1, 0.15) is 85.2 Å². The van der Waals surface area contributed by atoms with E-state index in [1.807, 2.05) is 32.0 Å². The number of anilines is 2. The van der Waals surface area contributed by atoms with Crippen LogP contribution in [0.2, 0.25) is 0 Å². The summed E-state index contributed by atoms with van der Waals surface area (Å²) in [6.45, 7) is 9.73. The summed E-state index contributed by atoms with van der Waals surface area (Å²) in [7, 11) is 2.08. The molecule has 0 spiro atoms. The van der Waals surface area contributed by atoms with Crippen molar-refractivity contribution in [2.75, 3.05) is 50.1 Å². The Balaban J connectivity index is 1.39. The van der Waals surface area contributed by atoms with Crippen LogP contribution >= 0.6 is 0 Å². The number of nitrogens with zero attached hydrogens (tertiary/aromatic N) is 6. The number of halogens is 1. The van der Waals surface area contributed by atoms with Crippen LogP contribution in [-0.4, -0.2) is 76.6 Å². The highest BCUT2D eigenvalue weighted by molar-refractivity contribution is 6.07. The van der Waals surface area contributed by atoms with E-state index in [9.17, 15) is 14.0 Å². The van der Waals surface area contributed by atoms with Crippen molar-refractivity contribution in [1.82, 2.24) is 24.9 Å². The number of hydrogen-bond donors (Lipinski definition) is 1. The molecule has 1 N–H and O–H groups in total. The number of rotatable bonds is 8. The van der Waals surface area contributed by atoms with Gasteiger partial charge in [0.15, 0.2) is 5.69 Å². The number of carbonyl (C=O) groups excluding carboxylic acids is 2. The van der Waals surface area contributed by atoms with E-state index in [1.54, 1.807) is 6.20 Å². The highest BCUT2D eigenvalue weighted by Gasteiger charge is 2.29. The Kier molecular flexibility index (Phi) is 8.86. The highest BCUT2D eigenvalue weighted by Crippen LogP contribution is 2.36. The number of hydrogen-bond acceptors (Lipinski definition) is 8. The van der Waals surface area contributed by atoms with Gasteiger partial charge in [0.25, 0.3) is 5.91 Å². The van der Waals surface area contributed by atoms with Crippen LogP contribution in [0.25, 0.3) is 5.69 Å². The first-order valence-corrected chi connectivity index (χ1v) is 14.8. The zero-order chi connectivity index (χ0) is 29.9. The zero-order valence-electron chi connectivity index (χ0n) is 24.9. The fourth-order valence-corrected chi connectivity index (χ4v) is 5.74. The first-order chi connectivity index (χ1) is 20.1. The fraction of sp³-hybridized carbons (Fsp3) is 0.516. The van der Waals surface area contributed by atoms with E-state index in [1.165, 1.54) is 23.4 Å². The van der Waals surface area contributed by atoms with Gasteiger partial charge in [0.1, 0.15) is 0 Å². The SMILES string of the molecule is CC(C)c1cc(F)ncc1C(=O)Nc1cc(-n2cc(C(=O)OCC3(C)CCCCC3)nn2)ccc1N1CCN(C)CC1. The molecule has 3 aromatic rings. The molecule has 2 fully saturated rings. The van der Waals surface area contributed by atoms with E-state index in [2.05, 4.69) is 44.4 Å². The molecule has 1 saturated heterocycles. The van der Waals surface area contributed by atoms with Gasteiger partial charge in [-0.15, -0.1) is 5.10 Å². The normalized spacial score (nSPS) is 17.3. The van der Waals surface area contributed by atoms with Crippen molar-refractivity contribution in [2.24, 2.45) is 5.41 Å². The quantitative estimate of drug-likeness (QED) is 0.293. The van der Waals surface area contributed by atoms with Gasteiger partial charge in [0.2, 0.25) is 5.95 Å². The molecule has 0 bridgehead atoms. The predicted molar refractivity (Wildman–Crippen MR) is 159 cm³/mol. The highest BCUT2D eigenvalue weighted by atomic mass is 19.1. The van der Waals surface area contributed by atoms with E-state index in [-0.39, 0.29) is 22.9 Å². The van der Waals surface area contributed by atoms with Crippen molar-refractivity contribution in [1.29, 1.82) is 0 Å². The number of benzene rings is 1. The number of likely N-dealkylation sites (N-methyl/N-ethyl adjacent to an activating group) is 1. The van der Waals surface area contributed by atoms with Gasteiger partial charge in [-0.05, 0) is 55.6 Å². The van der Waals surface area contributed by atoms with Crippen LogP contribution < -0.4 is 10.2 Å². The van der Waals surface area contributed by atoms with Crippen LogP contribution in [0.15, 0.2) is 36.7 Å². The Hall–Kier alpha value is -3.86. The van der Waals surface area contributed by atoms with E-state index < -0.39 is 11.9 Å². The number of carbonyl (C=O) groups is 2. The van der Waals surface area contributed by atoms with Gasteiger partial charge < -0.3 is 19.9 Å². The third kappa shape index (κ3) is 6.78. The van der Waals surface area contributed by atoms with Gasteiger partial charge in [0.05, 0.1) is 35.4 Å². The molecule has 3 heterocycles. The zero-order valence-corrected chi connectivity index (χ0v) is 24.9. The summed E-state index contributed by atoms with van der Waals surface area (Å²) in [5, 5.41) is 11.3. The first-order valence-electron chi connectivity index (χ1n) is 14.8. The van der Waals surface area contributed by atoms with Crippen molar-refractivity contribution in [3.05, 3.63) is 59.4 Å². The maximum Gasteiger partial charge on any atom is 0.360 e. The summed E-state index contributed by atoms with van der Waals surface area (Å²) in [5.74, 6) is -1.57. The minimum atomic E-state index is -0.622. The Morgan fingerprint density at radius 3 is 2.55 bits per heavy atom. The van der Waals surface area contributed by atoms with E-state index in [0.717, 1.165) is 57.5 Å². The maximum absolute atomic E-state index is 13.9. The molecule has 1 saturated carbocycles. The molecule has 0 unspecified atom stereocenters. The number of ether oxygens (including phenoxy) is 1. The Morgan fingerprint density at radius 1 is 1.10 bits per heavy atom. The second kappa shape index (κ2) is 12.6. The molecule has 0 radical (unpaired) electrons. The molecule has 1 aliphatic carbocycles. The summed E-state index contributed by atoms with van der Waals surface area (Å²) in [6, 6.07) is 6.94. The van der Waals surface area contributed by atoms with E-state index >= 15 is 0 Å². The molecule has 42 heavy (non-hydrogen) atoms. The van der Waals surface area contributed by atoms with Crippen LogP contribution in [0.4, 0.5) is 15.8 Å². The second-order valence-corrected chi connectivity index (χ2v) is 12.2. The summed E-state index contributed by atoms with van der Waals surface area (Å²) in [5.41, 5.74) is 3.09. The number of pyridine rings is 1. The third-order valence-electron chi connectivity index (χ3n) is 8.42. The largest absolute Gasteiger partial charge is 0.460 e. The maximum atomic E-state index is 13.9. The Bertz CT molecular complexity index is 1430. The lowest BCUT2D eigenvalue weighted by Gasteiger charge is -2.35. The first kappa shape index (κ1) is 29.6. The van der Waals surface area contributed by atoms with Gasteiger partial charge in [-0.1, -0.05) is 45.2 Å². The molecular formula is C31H40FN7O3.